The van der Waals surface area contributed by atoms with Crippen LogP contribution in [0.2, 0.25) is 0 Å². The fourth-order valence-corrected chi connectivity index (χ4v) is 1.24. The summed E-state index contributed by atoms with van der Waals surface area (Å²) in [5.74, 6) is 0. The number of methoxy groups -OCH3 is 1. The van der Waals surface area contributed by atoms with Gasteiger partial charge in [0.15, 0.2) is 0 Å². The molecule has 0 atom stereocenters. The van der Waals surface area contributed by atoms with Crippen LogP contribution in [0, 0.1) is 0 Å². The Morgan fingerprint density at radius 3 is 2.54 bits per heavy atom. The highest BCUT2D eigenvalue weighted by molar-refractivity contribution is 9.10. The molecular weight excluding hydrogens is 230 g/mol. The van der Waals surface area contributed by atoms with Crippen LogP contribution in [0.5, 0.6) is 0 Å². The minimum Gasteiger partial charge on any atom is -0.379 e. The second kappa shape index (κ2) is 5.14. The summed E-state index contributed by atoms with van der Waals surface area (Å²) in [6.45, 7) is 2.53. The van der Waals surface area contributed by atoms with Crippen molar-refractivity contribution in [1.29, 1.82) is 0 Å². The molecule has 2 nitrogen and oxygen atoms in total. The molecule has 0 amide bonds. The first-order valence-electron chi connectivity index (χ1n) is 4.01. The van der Waals surface area contributed by atoms with Crippen molar-refractivity contribution in [3.63, 3.8) is 0 Å². The Labute approximate surface area is 86.8 Å². The zero-order valence-electron chi connectivity index (χ0n) is 7.75. The maximum Gasteiger partial charge on any atom is 0.0842 e. The average Bonchev–Trinajstić information content (AvgIpc) is 2.09. The topological polar surface area (TPSA) is 21.6 Å². The first kappa shape index (κ1) is 10.4. The van der Waals surface area contributed by atoms with Gasteiger partial charge in [-0.25, -0.2) is 0 Å². The van der Waals surface area contributed by atoms with Crippen LogP contribution in [0.15, 0.2) is 33.7 Å². The van der Waals surface area contributed by atoms with Crippen molar-refractivity contribution in [2.24, 2.45) is 4.99 Å². The Kier molecular flexibility index (Phi) is 4.12. The molecule has 0 aliphatic heterocycles. The SMILES string of the molecule is COCC(C)=Nc1ccc(Br)cc1. The van der Waals surface area contributed by atoms with Gasteiger partial charge in [0.1, 0.15) is 0 Å². The zero-order chi connectivity index (χ0) is 9.68. The lowest BCUT2D eigenvalue weighted by Crippen LogP contribution is -2.00. The smallest absolute Gasteiger partial charge is 0.0842 e. The molecule has 0 N–H and O–H groups in total. The second-order valence-corrected chi connectivity index (χ2v) is 3.67. The lowest BCUT2D eigenvalue weighted by atomic mass is 10.3. The summed E-state index contributed by atoms with van der Waals surface area (Å²) >= 11 is 3.37. The maximum absolute atomic E-state index is 4.96. The molecule has 0 aliphatic carbocycles. The molecule has 0 radical (unpaired) electrons. The molecule has 0 bridgehead atoms. The van der Waals surface area contributed by atoms with Gasteiger partial charge < -0.3 is 4.74 Å². The van der Waals surface area contributed by atoms with Gasteiger partial charge in [0.2, 0.25) is 0 Å². The van der Waals surface area contributed by atoms with E-state index < -0.39 is 0 Å². The van der Waals surface area contributed by atoms with E-state index in [1.54, 1.807) is 7.11 Å². The van der Waals surface area contributed by atoms with E-state index in [-0.39, 0.29) is 0 Å². The highest BCUT2D eigenvalue weighted by Gasteiger charge is 1.92. The minimum absolute atomic E-state index is 0.579. The largest absolute Gasteiger partial charge is 0.379 e. The number of halogens is 1. The molecule has 0 spiro atoms. The standard InChI is InChI=1S/C10H12BrNO/c1-8(7-13-2)12-10-5-3-9(11)4-6-10/h3-6H,7H2,1-2H3. The third kappa shape index (κ3) is 3.70. The molecule has 1 rings (SSSR count). The van der Waals surface area contributed by atoms with Crippen LogP contribution in [0.3, 0.4) is 0 Å². The van der Waals surface area contributed by atoms with Crippen molar-refractivity contribution in [3.05, 3.63) is 28.7 Å². The molecule has 0 saturated heterocycles. The lowest BCUT2D eigenvalue weighted by Gasteiger charge is -1.98. The molecule has 0 unspecified atom stereocenters. The number of ether oxygens (including phenoxy) is 1. The number of hydrogen-bond acceptors (Lipinski definition) is 2. The molecule has 0 fully saturated rings. The van der Waals surface area contributed by atoms with Crippen LogP contribution >= 0.6 is 15.9 Å². The van der Waals surface area contributed by atoms with Gasteiger partial charge in [0.05, 0.1) is 12.3 Å². The molecule has 0 saturated carbocycles. The summed E-state index contributed by atoms with van der Waals surface area (Å²) < 4.78 is 6.03. The van der Waals surface area contributed by atoms with E-state index in [1.165, 1.54) is 0 Å². The zero-order valence-corrected chi connectivity index (χ0v) is 9.34. The summed E-state index contributed by atoms with van der Waals surface area (Å²) in [4.78, 5) is 4.36. The van der Waals surface area contributed by atoms with Gasteiger partial charge >= 0.3 is 0 Å². The second-order valence-electron chi connectivity index (χ2n) is 2.76. The summed E-state index contributed by atoms with van der Waals surface area (Å²) in [7, 11) is 1.67. The first-order chi connectivity index (χ1) is 6.22. The number of aliphatic imine (C=N–C) groups is 1. The molecule has 0 aliphatic rings. The van der Waals surface area contributed by atoms with E-state index in [2.05, 4.69) is 20.9 Å². The molecule has 1 aromatic carbocycles. The van der Waals surface area contributed by atoms with Gasteiger partial charge in [-0.2, -0.15) is 0 Å². The number of benzene rings is 1. The highest BCUT2D eigenvalue weighted by Crippen LogP contribution is 2.16. The molecule has 13 heavy (non-hydrogen) atoms. The van der Waals surface area contributed by atoms with Crippen LogP contribution in [-0.2, 0) is 4.74 Å². The highest BCUT2D eigenvalue weighted by atomic mass is 79.9. The molecule has 3 heteroatoms. The van der Waals surface area contributed by atoms with Crippen LogP contribution in [0.4, 0.5) is 5.69 Å². The summed E-state index contributed by atoms with van der Waals surface area (Å²) in [6, 6.07) is 7.87. The van der Waals surface area contributed by atoms with Crippen LogP contribution < -0.4 is 0 Å². The number of hydrogen-bond donors (Lipinski definition) is 0. The van der Waals surface area contributed by atoms with E-state index >= 15 is 0 Å². The molecular formula is C10H12BrNO. The van der Waals surface area contributed by atoms with E-state index in [0.29, 0.717) is 6.61 Å². The third-order valence-corrected chi connectivity index (χ3v) is 2.03. The summed E-state index contributed by atoms with van der Waals surface area (Å²) in [5.41, 5.74) is 1.93. The van der Waals surface area contributed by atoms with Gasteiger partial charge in [-0.05, 0) is 31.2 Å². The van der Waals surface area contributed by atoms with Crippen molar-refractivity contribution >= 4 is 27.3 Å². The minimum atomic E-state index is 0.579. The Morgan fingerprint density at radius 1 is 1.38 bits per heavy atom. The summed E-state index contributed by atoms with van der Waals surface area (Å²) in [5, 5.41) is 0. The fraction of sp³-hybridized carbons (Fsp3) is 0.300. The number of rotatable bonds is 3. The van der Waals surface area contributed by atoms with E-state index in [9.17, 15) is 0 Å². The van der Waals surface area contributed by atoms with E-state index in [0.717, 1.165) is 15.9 Å². The maximum atomic E-state index is 4.96. The van der Waals surface area contributed by atoms with Crippen molar-refractivity contribution in [3.8, 4) is 0 Å². The Balaban J connectivity index is 2.73. The lowest BCUT2D eigenvalue weighted by molar-refractivity contribution is 0.245. The molecule has 1 aromatic rings. The van der Waals surface area contributed by atoms with Gasteiger partial charge in [-0.3, -0.25) is 4.99 Å². The van der Waals surface area contributed by atoms with Crippen molar-refractivity contribution < 1.29 is 4.74 Å². The van der Waals surface area contributed by atoms with Crippen LogP contribution in [0.1, 0.15) is 6.92 Å². The molecule has 0 aromatic heterocycles. The number of nitrogens with zero attached hydrogens (tertiary/aromatic N) is 1. The quantitative estimate of drug-likeness (QED) is 0.746. The Morgan fingerprint density at radius 2 is 2.00 bits per heavy atom. The predicted molar refractivity (Wildman–Crippen MR) is 58.8 cm³/mol. The van der Waals surface area contributed by atoms with Gasteiger partial charge in [-0.1, -0.05) is 15.9 Å². The Hall–Kier alpha value is -0.670. The van der Waals surface area contributed by atoms with E-state index in [4.69, 9.17) is 4.74 Å². The normalized spacial score (nSPS) is 11.8. The average molecular weight is 242 g/mol. The first-order valence-corrected chi connectivity index (χ1v) is 4.80. The molecule has 0 heterocycles. The third-order valence-electron chi connectivity index (χ3n) is 1.50. The van der Waals surface area contributed by atoms with Crippen LogP contribution in [0.25, 0.3) is 0 Å². The van der Waals surface area contributed by atoms with Crippen molar-refractivity contribution in [1.82, 2.24) is 0 Å². The van der Waals surface area contributed by atoms with Crippen molar-refractivity contribution in [2.45, 2.75) is 6.92 Å². The summed E-state index contributed by atoms with van der Waals surface area (Å²) in [6.07, 6.45) is 0. The Bertz CT molecular complexity index is 292. The predicted octanol–water partition coefficient (Wildman–Crippen LogP) is 3.19. The van der Waals surface area contributed by atoms with Gasteiger partial charge in [0, 0.05) is 17.3 Å². The van der Waals surface area contributed by atoms with Crippen molar-refractivity contribution in [2.75, 3.05) is 13.7 Å². The van der Waals surface area contributed by atoms with Gasteiger partial charge in [0.25, 0.3) is 0 Å². The fourth-order valence-electron chi connectivity index (χ4n) is 0.977. The van der Waals surface area contributed by atoms with Crippen LogP contribution in [-0.4, -0.2) is 19.4 Å². The van der Waals surface area contributed by atoms with Gasteiger partial charge in [-0.15, -0.1) is 0 Å². The monoisotopic (exact) mass is 241 g/mol. The van der Waals surface area contributed by atoms with E-state index in [1.807, 2.05) is 31.2 Å². The molecule has 70 valence electrons.